The summed E-state index contributed by atoms with van der Waals surface area (Å²) in [6.45, 7) is 5.69. The number of nitrogens with zero attached hydrogens (tertiary/aromatic N) is 4. The molecule has 1 aliphatic heterocycles. The summed E-state index contributed by atoms with van der Waals surface area (Å²) in [4.78, 5) is 30.9. The van der Waals surface area contributed by atoms with Gasteiger partial charge in [-0.15, -0.1) is 0 Å². The molecule has 7 heteroatoms. The van der Waals surface area contributed by atoms with Gasteiger partial charge in [-0.25, -0.2) is 4.98 Å². The Kier molecular flexibility index (Phi) is 5.47. The number of carbonyl (C=O) groups is 1. The van der Waals surface area contributed by atoms with Crippen molar-refractivity contribution in [2.24, 2.45) is 13.0 Å². The zero-order valence-electron chi connectivity index (χ0n) is 17.8. The second-order valence-electron chi connectivity index (χ2n) is 8.33. The largest absolute Gasteiger partial charge is 0.392 e. The Labute approximate surface area is 175 Å². The van der Waals surface area contributed by atoms with Gasteiger partial charge in [-0.1, -0.05) is 6.07 Å². The normalized spacial score (nSPS) is 16.9. The highest BCUT2D eigenvalue weighted by molar-refractivity contribution is 5.81. The summed E-state index contributed by atoms with van der Waals surface area (Å²) >= 11 is 0. The summed E-state index contributed by atoms with van der Waals surface area (Å²) in [5.41, 5.74) is 4.19. The van der Waals surface area contributed by atoms with Crippen molar-refractivity contribution in [1.29, 1.82) is 0 Å². The number of aliphatic hydroxyl groups is 1. The highest BCUT2D eigenvalue weighted by Crippen LogP contribution is 2.29. The molecule has 30 heavy (non-hydrogen) atoms. The van der Waals surface area contributed by atoms with Crippen LogP contribution in [-0.2, 0) is 25.0 Å². The topological polar surface area (TPSA) is 80.4 Å². The van der Waals surface area contributed by atoms with E-state index in [2.05, 4.69) is 4.57 Å². The van der Waals surface area contributed by atoms with Crippen molar-refractivity contribution < 1.29 is 9.90 Å². The van der Waals surface area contributed by atoms with Gasteiger partial charge in [0.05, 0.1) is 17.6 Å². The fraction of sp³-hybridized carbons (Fsp3) is 0.435. The average molecular weight is 409 g/mol. The molecule has 158 valence electrons. The molecule has 7 nitrogen and oxygen atoms in total. The zero-order valence-corrected chi connectivity index (χ0v) is 17.8. The predicted octanol–water partition coefficient (Wildman–Crippen LogP) is 2.46. The first kappa shape index (κ1) is 20.3. The third kappa shape index (κ3) is 3.77. The number of piperidine rings is 1. The number of hydrogen-bond donors (Lipinski definition) is 1. The lowest BCUT2D eigenvalue weighted by molar-refractivity contribution is -0.130. The van der Waals surface area contributed by atoms with E-state index in [1.807, 2.05) is 42.3 Å². The molecule has 0 spiro atoms. The number of aromatic nitrogens is 3. The number of hydrogen-bond acceptors (Lipinski definition) is 4. The van der Waals surface area contributed by atoms with Gasteiger partial charge in [-0.05, 0) is 49.4 Å². The Morgan fingerprint density at radius 2 is 2.10 bits per heavy atom. The molecule has 1 fully saturated rings. The SMILES string of the molecule is CC(=O)N1CCC[C@@H](Cn2c(-c3cc(C)c(=O)n(C)c3)nc3ccc(CO)cc32)C1. The molecule has 1 amide bonds. The highest BCUT2D eigenvalue weighted by Gasteiger charge is 2.24. The van der Waals surface area contributed by atoms with Crippen molar-refractivity contribution in [3.05, 3.63) is 51.9 Å². The van der Waals surface area contributed by atoms with Crippen molar-refractivity contribution in [2.75, 3.05) is 13.1 Å². The number of pyridine rings is 1. The predicted molar refractivity (Wildman–Crippen MR) is 116 cm³/mol. The lowest BCUT2D eigenvalue weighted by Crippen LogP contribution is -2.39. The third-order valence-electron chi connectivity index (χ3n) is 6.02. The van der Waals surface area contributed by atoms with Gasteiger partial charge >= 0.3 is 0 Å². The molecule has 3 aromatic rings. The molecule has 1 atom stereocenters. The van der Waals surface area contributed by atoms with Gasteiger partial charge in [0.2, 0.25) is 5.91 Å². The van der Waals surface area contributed by atoms with Crippen molar-refractivity contribution >= 4 is 16.9 Å². The summed E-state index contributed by atoms with van der Waals surface area (Å²) in [5.74, 6) is 1.25. The van der Waals surface area contributed by atoms with E-state index in [1.54, 1.807) is 18.5 Å². The van der Waals surface area contributed by atoms with Crippen molar-refractivity contribution in [3.8, 4) is 11.4 Å². The number of likely N-dealkylation sites (tertiary alicyclic amines) is 1. The van der Waals surface area contributed by atoms with Crippen molar-refractivity contribution in [1.82, 2.24) is 19.0 Å². The molecule has 1 saturated heterocycles. The van der Waals surface area contributed by atoms with Crippen LogP contribution in [0, 0.1) is 12.8 Å². The fourth-order valence-electron chi connectivity index (χ4n) is 4.43. The first-order valence-corrected chi connectivity index (χ1v) is 10.4. The Hall–Kier alpha value is -2.93. The van der Waals surface area contributed by atoms with Crippen LogP contribution in [0.5, 0.6) is 0 Å². The number of carbonyl (C=O) groups excluding carboxylic acids is 1. The van der Waals surface area contributed by atoms with E-state index in [0.29, 0.717) is 11.5 Å². The molecule has 0 bridgehead atoms. The van der Waals surface area contributed by atoms with Crippen LogP contribution in [0.25, 0.3) is 22.4 Å². The minimum atomic E-state index is -0.0308. The molecule has 1 aromatic carbocycles. The third-order valence-corrected chi connectivity index (χ3v) is 6.02. The molecule has 3 heterocycles. The first-order valence-electron chi connectivity index (χ1n) is 10.4. The number of rotatable bonds is 4. The van der Waals surface area contributed by atoms with Gasteiger partial charge in [-0.3, -0.25) is 9.59 Å². The molecule has 0 unspecified atom stereocenters. The first-order chi connectivity index (χ1) is 14.4. The molecule has 0 aliphatic carbocycles. The molecule has 1 aliphatic rings. The Morgan fingerprint density at radius 3 is 2.80 bits per heavy atom. The summed E-state index contributed by atoms with van der Waals surface area (Å²) in [5, 5.41) is 9.62. The number of amides is 1. The van der Waals surface area contributed by atoms with Crippen LogP contribution in [0.2, 0.25) is 0 Å². The molecule has 2 aromatic heterocycles. The van der Waals surface area contributed by atoms with E-state index in [4.69, 9.17) is 4.98 Å². The molecule has 0 saturated carbocycles. The number of fused-ring (bicyclic) bond motifs is 1. The van der Waals surface area contributed by atoms with Gasteiger partial charge < -0.3 is 19.1 Å². The molecular weight excluding hydrogens is 380 g/mol. The Balaban J connectivity index is 1.82. The van der Waals surface area contributed by atoms with Crippen LogP contribution in [-0.4, -0.2) is 43.1 Å². The standard InChI is InChI=1S/C23H28N4O3/c1-15-9-19(13-25(3)23(15)30)22-24-20-7-6-17(14-28)10-21(20)27(22)12-18-5-4-8-26(11-18)16(2)29/h6-7,9-10,13,18,28H,4-5,8,11-12,14H2,1-3H3/t18-/m1/s1. The monoisotopic (exact) mass is 408 g/mol. The van der Waals surface area contributed by atoms with Crippen LogP contribution in [0.4, 0.5) is 0 Å². The van der Waals surface area contributed by atoms with Gasteiger partial charge in [0, 0.05) is 50.9 Å². The lowest BCUT2D eigenvalue weighted by atomic mass is 9.97. The number of aliphatic hydroxyl groups excluding tert-OH is 1. The minimum Gasteiger partial charge on any atom is -0.392 e. The van der Waals surface area contributed by atoms with Gasteiger partial charge in [0.15, 0.2) is 0 Å². The number of benzene rings is 1. The number of aryl methyl sites for hydroxylation is 2. The zero-order chi connectivity index (χ0) is 21.4. The van der Waals surface area contributed by atoms with E-state index < -0.39 is 0 Å². The Morgan fingerprint density at radius 1 is 1.30 bits per heavy atom. The van der Waals surface area contributed by atoms with Gasteiger partial charge in [-0.2, -0.15) is 0 Å². The van der Waals surface area contributed by atoms with Gasteiger partial charge in [0.1, 0.15) is 5.82 Å². The van der Waals surface area contributed by atoms with Crippen LogP contribution in [0.3, 0.4) is 0 Å². The maximum absolute atomic E-state index is 12.2. The quantitative estimate of drug-likeness (QED) is 0.719. The summed E-state index contributed by atoms with van der Waals surface area (Å²) in [6, 6.07) is 7.67. The second-order valence-corrected chi connectivity index (χ2v) is 8.33. The van der Waals surface area contributed by atoms with Crippen molar-refractivity contribution in [2.45, 2.75) is 39.8 Å². The lowest BCUT2D eigenvalue weighted by Gasteiger charge is -2.32. The summed E-state index contributed by atoms with van der Waals surface area (Å²) < 4.78 is 3.77. The molecular formula is C23H28N4O3. The second kappa shape index (κ2) is 8.07. The summed E-state index contributed by atoms with van der Waals surface area (Å²) in [7, 11) is 1.75. The fourth-order valence-corrected chi connectivity index (χ4v) is 4.43. The Bertz CT molecular complexity index is 1130. The molecule has 1 N–H and O–H groups in total. The van der Waals surface area contributed by atoms with E-state index in [-0.39, 0.29) is 18.1 Å². The van der Waals surface area contributed by atoms with Crippen LogP contribution in [0.15, 0.2) is 35.3 Å². The van der Waals surface area contributed by atoms with Gasteiger partial charge in [0.25, 0.3) is 5.56 Å². The van der Waals surface area contributed by atoms with E-state index >= 15 is 0 Å². The van der Waals surface area contributed by atoms with Crippen molar-refractivity contribution in [3.63, 3.8) is 0 Å². The average Bonchev–Trinajstić information content (AvgIpc) is 3.09. The number of imidazole rings is 1. The van der Waals surface area contributed by atoms with E-state index in [0.717, 1.165) is 60.5 Å². The maximum atomic E-state index is 12.2. The van der Waals surface area contributed by atoms with Crippen LogP contribution < -0.4 is 5.56 Å². The van der Waals surface area contributed by atoms with Crippen LogP contribution >= 0.6 is 0 Å². The summed E-state index contributed by atoms with van der Waals surface area (Å²) in [6.07, 6.45) is 3.87. The van der Waals surface area contributed by atoms with Crippen LogP contribution in [0.1, 0.15) is 30.9 Å². The van der Waals surface area contributed by atoms with E-state index in [9.17, 15) is 14.7 Å². The minimum absolute atomic E-state index is 0.0200. The van der Waals surface area contributed by atoms with E-state index in [1.165, 1.54) is 0 Å². The molecule has 0 radical (unpaired) electrons. The highest BCUT2D eigenvalue weighted by atomic mass is 16.3. The molecule has 4 rings (SSSR count). The smallest absolute Gasteiger partial charge is 0.253 e. The maximum Gasteiger partial charge on any atom is 0.253 e.